The maximum absolute atomic E-state index is 12.1. The number of carbonyl (C=O) groups excluding carboxylic acids is 2. The van der Waals surface area contributed by atoms with E-state index in [1.807, 2.05) is 0 Å². The first-order chi connectivity index (χ1) is 13.5. The van der Waals surface area contributed by atoms with Crippen molar-refractivity contribution in [3.63, 3.8) is 0 Å². The molecular formula is C19H14Cl2N4O3. The Morgan fingerprint density at radius 2 is 1.68 bits per heavy atom. The van der Waals surface area contributed by atoms with Crippen molar-refractivity contribution in [2.45, 2.75) is 0 Å². The van der Waals surface area contributed by atoms with Gasteiger partial charge in [0.1, 0.15) is 5.75 Å². The highest BCUT2D eigenvalue weighted by Gasteiger charge is 2.10. The van der Waals surface area contributed by atoms with Crippen LogP contribution in [-0.2, 0) is 4.79 Å². The summed E-state index contributed by atoms with van der Waals surface area (Å²) in [4.78, 5) is 32.0. The fourth-order valence-electron chi connectivity index (χ4n) is 2.16. The molecule has 3 rings (SSSR count). The predicted octanol–water partition coefficient (Wildman–Crippen LogP) is 3.94. The summed E-state index contributed by atoms with van der Waals surface area (Å²) in [6, 6.07) is 13.1. The van der Waals surface area contributed by atoms with Crippen LogP contribution in [0.15, 0.2) is 60.9 Å². The van der Waals surface area contributed by atoms with Crippen molar-refractivity contribution in [3.05, 3.63) is 76.5 Å². The highest BCUT2D eigenvalue weighted by Crippen LogP contribution is 2.22. The van der Waals surface area contributed by atoms with Gasteiger partial charge in [0.25, 0.3) is 5.91 Å². The first-order valence-corrected chi connectivity index (χ1v) is 8.85. The molecule has 0 atom stereocenters. The van der Waals surface area contributed by atoms with Crippen molar-refractivity contribution in [2.24, 2.45) is 0 Å². The summed E-state index contributed by atoms with van der Waals surface area (Å²) in [6.07, 6.45) is 3.15. The summed E-state index contributed by atoms with van der Waals surface area (Å²) in [5.41, 5.74) is 0.863. The van der Waals surface area contributed by atoms with Crippen LogP contribution in [0, 0.1) is 0 Å². The smallest absolute Gasteiger partial charge is 0.321 e. The number of amides is 2. The van der Waals surface area contributed by atoms with E-state index in [2.05, 4.69) is 20.6 Å². The zero-order valence-electron chi connectivity index (χ0n) is 14.4. The highest BCUT2D eigenvalue weighted by molar-refractivity contribution is 6.42. The topological polar surface area (TPSA) is 93.2 Å². The second kappa shape index (κ2) is 9.16. The first-order valence-electron chi connectivity index (χ1n) is 8.09. The van der Waals surface area contributed by atoms with Gasteiger partial charge < -0.3 is 15.4 Å². The van der Waals surface area contributed by atoms with Crippen LogP contribution >= 0.6 is 23.2 Å². The molecule has 0 aliphatic rings. The molecule has 0 saturated carbocycles. The molecule has 0 fully saturated rings. The van der Waals surface area contributed by atoms with Gasteiger partial charge in [-0.1, -0.05) is 23.2 Å². The van der Waals surface area contributed by atoms with Crippen molar-refractivity contribution >= 4 is 40.7 Å². The number of hydrogen-bond donors (Lipinski definition) is 2. The van der Waals surface area contributed by atoms with Crippen molar-refractivity contribution in [3.8, 4) is 11.8 Å². The molecule has 0 unspecified atom stereocenters. The van der Waals surface area contributed by atoms with Gasteiger partial charge in [-0.15, -0.1) is 0 Å². The number of carbonyl (C=O) groups is 2. The Labute approximate surface area is 170 Å². The predicted molar refractivity (Wildman–Crippen MR) is 106 cm³/mol. The molecule has 7 nitrogen and oxygen atoms in total. The zero-order chi connectivity index (χ0) is 19.9. The Morgan fingerprint density at radius 1 is 0.964 bits per heavy atom. The summed E-state index contributed by atoms with van der Waals surface area (Å²) in [7, 11) is 0. The molecule has 1 heterocycles. The van der Waals surface area contributed by atoms with Gasteiger partial charge in [0.15, 0.2) is 0 Å². The number of halogens is 2. The molecule has 3 aromatic rings. The molecule has 2 aromatic carbocycles. The van der Waals surface area contributed by atoms with Gasteiger partial charge in [-0.25, -0.2) is 9.97 Å². The molecule has 1 aromatic heterocycles. The third-order valence-corrected chi connectivity index (χ3v) is 4.22. The van der Waals surface area contributed by atoms with Gasteiger partial charge in [-0.3, -0.25) is 9.59 Å². The number of benzene rings is 2. The highest BCUT2D eigenvalue weighted by atomic mass is 35.5. The Balaban J connectivity index is 1.50. The summed E-state index contributed by atoms with van der Waals surface area (Å²) < 4.78 is 5.47. The molecule has 142 valence electrons. The van der Waals surface area contributed by atoms with Crippen molar-refractivity contribution in [2.75, 3.05) is 11.9 Å². The lowest BCUT2D eigenvalue weighted by atomic mass is 10.2. The molecule has 9 heteroatoms. The van der Waals surface area contributed by atoms with Crippen LogP contribution in [0.1, 0.15) is 10.4 Å². The minimum atomic E-state index is -0.430. The molecule has 2 amide bonds. The molecule has 2 N–H and O–H groups in total. The van der Waals surface area contributed by atoms with Crippen LogP contribution in [0.25, 0.3) is 0 Å². The number of hydrogen-bond acceptors (Lipinski definition) is 5. The summed E-state index contributed by atoms with van der Waals surface area (Å²) in [5.74, 6) is -0.286. The lowest BCUT2D eigenvalue weighted by molar-refractivity contribution is -0.115. The third-order valence-electron chi connectivity index (χ3n) is 3.48. The van der Waals surface area contributed by atoms with E-state index in [1.54, 1.807) is 42.7 Å². The number of rotatable bonds is 6. The van der Waals surface area contributed by atoms with Crippen LogP contribution in [0.2, 0.25) is 10.0 Å². The molecule has 0 radical (unpaired) electrons. The first kappa shape index (κ1) is 19.6. The van der Waals surface area contributed by atoms with E-state index < -0.39 is 5.91 Å². The van der Waals surface area contributed by atoms with Crippen LogP contribution < -0.4 is 15.4 Å². The van der Waals surface area contributed by atoms with Crippen molar-refractivity contribution < 1.29 is 14.3 Å². The Morgan fingerprint density at radius 3 is 2.36 bits per heavy atom. The minimum Gasteiger partial charge on any atom is -0.424 e. The lowest BCUT2D eigenvalue weighted by Crippen LogP contribution is -2.32. The molecule has 0 saturated heterocycles. The molecule has 0 aliphatic carbocycles. The molecule has 0 bridgehead atoms. The molecule has 0 spiro atoms. The number of ether oxygens (including phenoxy) is 1. The molecular weight excluding hydrogens is 403 g/mol. The largest absolute Gasteiger partial charge is 0.424 e. The zero-order valence-corrected chi connectivity index (χ0v) is 15.9. The summed E-state index contributed by atoms with van der Waals surface area (Å²) >= 11 is 11.7. The molecule has 28 heavy (non-hydrogen) atoms. The maximum Gasteiger partial charge on any atom is 0.321 e. The van der Waals surface area contributed by atoms with E-state index in [4.69, 9.17) is 27.9 Å². The van der Waals surface area contributed by atoms with Crippen LogP contribution in [0.5, 0.6) is 11.8 Å². The van der Waals surface area contributed by atoms with Crippen molar-refractivity contribution in [1.82, 2.24) is 15.3 Å². The summed E-state index contributed by atoms with van der Waals surface area (Å²) in [6.45, 7) is -0.199. The monoisotopic (exact) mass is 416 g/mol. The average molecular weight is 417 g/mol. The second-order valence-corrected chi connectivity index (χ2v) is 6.33. The Kier molecular flexibility index (Phi) is 6.41. The summed E-state index contributed by atoms with van der Waals surface area (Å²) in [5, 5.41) is 5.80. The van der Waals surface area contributed by atoms with Gasteiger partial charge in [-0.2, -0.15) is 0 Å². The van der Waals surface area contributed by atoms with Crippen LogP contribution in [0.4, 0.5) is 5.69 Å². The van der Waals surface area contributed by atoms with E-state index in [1.165, 1.54) is 18.2 Å². The lowest BCUT2D eigenvalue weighted by Gasteiger charge is -2.08. The third kappa shape index (κ3) is 5.42. The maximum atomic E-state index is 12.1. The average Bonchev–Trinajstić information content (AvgIpc) is 2.70. The van der Waals surface area contributed by atoms with Crippen molar-refractivity contribution in [1.29, 1.82) is 0 Å². The van der Waals surface area contributed by atoms with Crippen LogP contribution in [-0.4, -0.2) is 28.3 Å². The van der Waals surface area contributed by atoms with Crippen LogP contribution in [0.3, 0.4) is 0 Å². The normalized spacial score (nSPS) is 10.2. The Hall–Kier alpha value is -3.16. The van der Waals surface area contributed by atoms with Gasteiger partial charge >= 0.3 is 6.01 Å². The van der Waals surface area contributed by atoms with E-state index in [-0.39, 0.29) is 23.5 Å². The minimum absolute atomic E-state index is 0.199. The number of nitrogens with one attached hydrogen (secondary N) is 2. The fourth-order valence-corrected chi connectivity index (χ4v) is 2.45. The fraction of sp³-hybridized carbons (Fsp3) is 0.0526. The van der Waals surface area contributed by atoms with Gasteiger partial charge in [0.05, 0.1) is 16.6 Å². The SMILES string of the molecule is O=C(CNC(=O)c1ccc(Cl)c(Cl)c1)Nc1ccc(Oc2ncccn2)cc1. The number of nitrogens with zero attached hydrogens (tertiary/aromatic N) is 2. The van der Waals surface area contributed by atoms with Gasteiger partial charge in [-0.05, 0) is 48.5 Å². The Bertz CT molecular complexity index is 982. The van der Waals surface area contributed by atoms with Gasteiger partial charge in [0, 0.05) is 23.6 Å². The quantitative estimate of drug-likeness (QED) is 0.634. The standard InChI is InChI=1S/C19H14Cl2N4O3/c20-15-7-2-12(10-16(15)21)18(27)24-11-17(26)25-13-3-5-14(6-4-13)28-19-22-8-1-9-23-19/h1-10H,11H2,(H,24,27)(H,25,26). The number of aromatic nitrogens is 2. The van der Waals surface area contributed by atoms with Gasteiger partial charge in [0.2, 0.25) is 5.91 Å². The second-order valence-electron chi connectivity index (χ2n) is 5.52. The van der Waals surface area contributed by atoms with E-state index >= 15 is 0 Å². The van der Waals surface area contributed by atoms with E-state index in [0.717, 1.165) is 0 Å². The molecule has 0 aliphatic heterocycles. The van der Waals surface area contributed by atoms with E-state index in [0.29, 0.717) is 22.0 Å². The van der Waals surface area contributed by atoms with E-state index in [9.17, 15) is 9.59 Å². The number of anilines is 1.